The molecule has 0 heterocycles. The molecule has 3 rings (SSSR count). The van der Waals surface area contributed by atoms with E-state index >= 15 is 0 Å². The summed E-state index contributed by atoms with van der Waals surface area (Å²) in [5.41, 5.74) is 1.93. The van der Waals surface area contributed by atoms with Crippen molar-refractivity contribution in [3.8, 4) is 17.2 Å². The Morgan fingerprint density at radius 2 is 0.778 bits per heavy atom. The van der Waals surface area contributed by atoms with Gasteiger partial charge in [-0.25, -0.2) is 0 Å². The molecule has 0 aliphatic heterocycles. The molecule has 3 aromatic rings. The molecule has 0 unspecified atom stereocenters. The van der Waals surface area contributed by atoms with Gasteiger partial charge in [0.15, 0.2) is 0 Å². The first-order valence-corrected chi connectivity index (χ1v) is 8.54. The number of hydrogen-bond donors (Lipinski definition) is 0. The molecular weight excluding hydrogens is 340 g/mol. The molecule has 0 N–H and O–H groups in total. The second-order valence-electron chi connectivity index (χ2n) is 6.01. The van der Waals surface area contributed by atoms with E-state index in [4.69, 9.17) is 18.9 Å². The Hall–Kier alpha value is -2.98. The zero-order valence-corrected chi connectivity index (χ0v) is 15.8. The quantitative estimate of drug-likeness (QED) is 0.565. The van der Waals surface area contributed by atoms with Crippen molar-refractivity contribution in [1.82, 2.24) is 0 Å². The minimum Gasteiger partial charge on any atom is -0.497 e. The van der Waals surface area contributed by atoms with Crippen LogP contribution in [0.5, 0.6) is 17.2 Å². The zero-order chi connectivity index (χ0) is 19.3. The van der Waals surface area contributed by atoms with Gasteiger partial charge in [0.25, 0.3) is 0 Å². The maximum Gasteiger partial charge on any atom is 0.143 e. The molecule has 0 saturated heterocycles. The van der Waals surface area contributed by atoms with E-state index < -0.39 is 5.60 Å². The predicted molar refractivity (Wildman–Crippen MR) is 105 cm³/mol. The Bertz CT molecular complexity index is 737. The van der Waals surface area contributed by atoms with Crippen molar-refractivity contribution >= 4 is 0 Å². The van der Waals surface area contributed by atoms with Crippen molar-refractivity contribution in [2.75, 3.05) is 21.3 Å². The van der Waals surface area contributed by atoms with Crippen LogP contribution in [0.1, 0.15) is 16.7 Å². The molecule has 0 aliphatic rings. The molecule has 139 valence electrons. The predicted octanol–water partition coefficient (Wildman–Crippen LogP) is 4.81. The summed E-state index contributed by atoms with van der Waals surface area (Å²) in [5, 5.41) is 0. The number of hydrogen-bond acceptors (Lipinski definition) is 4. The van der Waals surface area contributed by atoms with Gasteiger partial charge in [-0.1, -0.05) is 36.4 Å². The van der Waals surface area contributed by atoms with E-state index in [9.17, 15) is 0 Å². The normalized spacial score (nSPS) is 11.1. The van der Waals surface area contributed by atoms with Crippen LogP contribution in [0.2, 0.25) is 0 Å². The van der Waals surface area contributed by atoms with Crippen molar-refractivity contribution in [3.63, 3.8) is 0 Å². The van der Waals surface area contributed by atoms with E-state index in [0.29, 0.717) is 0 Å². The summed E-state index contributed by atoms with van der Waals surface area (Å²) in [7, 11) is 8.76. The molecule has 0 aliphatic carbocycles. The first kappa shape index (κ1) is 18.8. The van der Waals surface area contributed by atoms with Crippen molar-refractivity contribution in [2.24, 2.45) is 0 Å². The van der Waals surface area contributed by atoms with Crippen molar-refractivity contribution in [1.29, 1.82) is 0 Å². The van der Waals surface area contributed by atoms with Crippen LogP contribution in [0, 0.1) is 7.11 Å². The number of benzene rings is 3. The Labute approximate surface area is 160 Å². The van der Waals surface area contributed by atoms with Gasteiger partial charge in [0, 0.05) is 0 Å². The number of ether oxygens (including phenoxy) is 4. The maximum atomic E-state index is 5.94. The Balaban J connectivity index is 2.20. The third-order valence-corrected chi connectivity index (χ3v) is 4.71. The Morgan fingerprint density at radius 1 is 0.519 bits per heavy atom. The second-order valence-corrected chi connectivity index (χ2v) is 6.01. The molecule has 0 bridgehead atoms. The van der Waals surface area contributed by atoms with Crippen LogP contribution in [0.15, 0.2) is 72.8 Å². The van der Waals surface area contributed by atoms with Crippen LogP contribution in [-0.4, -0.2) is 21.3 Å². The topological polar surface area (TPSA) is 36.9 Å². The fourth-order valence-electron chi connectivity index (χ4n) is 3.23. The lowest BCUT2D eigenvalue weighted by Gasteiger charge is -2.34. The van der Waals surface area contributed by atoms with Crippen LogP contribution in [0.25, 0.3) is 0 Å². The van der Waals surface area contributed by atoms with Crippen LogP contribution >= 0.6 is 0 Å². The molecule has 0 fully saturated rings. The van der Waals surface area contributed by atoms with Crippen LogP contribution in [0.3, 0.4) is 0 Å². The van der Waals surface area contributed by atoms with Gasteiger partial charge in [0.1, 0.15) is 22.8 Å². The third kappa shape index (κ3) is 3.49. The summed E-state index contributed by atoms with van der Waals surface area (Å²) in [4.78, 5) is 0. The van der Waals surface area contributed by atoms with Gasteiger partial charge in [-0.15, -0.1) is 0 Å². The van der Waals surface area contributed by atoms with E-state index in [-0.39, 0.29) is 0 Å². The standard InChI is InChI=1S/C23H23O4/c1-24-20-11-5-17(6-12-20)23(27-4,18-7-13-21(25-2)14-8-18)19-9-15-22(26-3)16-10-19/h5-16H,4H2,1-3H3. The van der Waals surface area contributed by atoms with Gasteiger partial charge in [0.2, 0.25) is 0 Å². The Morgan fingerprint density at radius 3 is 0.963 bits per heavy atom. The van der Waals surface area contributed by atoms with Gasteiger partial charge in [-0.05, 0) is 53.1 Å². The summed E-state index contributed by atoms with van der Waals surface area (Å²) >= 11 is 0. The Kier molecular flexibility index (Phi) is 5.67. The lowest BCUT2D eigenvalue weighted by Crippen LogP contribution is -2.30. The van der Waals surface area contributed by atoms with Crippen LogP contribution in [0.4, 0.5) is 0 Å². The molecule has 3 aromatic carbocycles. The van der Waals surface area contributed by atoms with E-state index in [0.717, 1.165) is 33.9 Å². The van der Waals surface area contributed by atoms with Crippen LogP contribution in [-0.2, 0) is 10.3 Å². The molecule has 0 spiro atoms. The highest BCUT2D eigenvalue weighted by molar-refractivity contribution is 5.50. The van der Waals surface area contributed by atoms with Gasteiger partial charge >= 0.3 is 0 Å². The summed E-state index contributed by atoms with van der Waals surface area (Å²) in [6, 6.07) is 23.4. The molecule has 4 heteroatoms. The van der Waals surface area contributed by atoms with Gasteiger partial charge in [0.05, 0.1) is 28.4 Å². The first-order chi connectivity index (χ1) is 13.2. The average molecular weight is 363 g/mol. The minimum atomic E-state index is -0.884. The zero-order valence-electron chi connectivity index (χ0n) is 15.8. The smallest absolute Gasteiger partial charge is 0.143 e. The largest absolute Gasteiger partial charge is 0.497 e. The first-order valence-electron chi connectivity index (χ1n) is 8.54. The van der Waals surface area contributed by atoms with Crippen molar-refractivity contribution < 1.29 is 18.9 Å². The molecule has 0 saturated carbocycles. The number of rotatable bonds is 7. The minimum absolute atomic E-state index is 0.779. The fraction of sp³-hybridized carbons (Fsp3) is 0.174. The highest BCUT2D eigenvalue weighted by atomic mass is 16.5. The molecule has 1 radical (unpaired) electrons. The van der Waals surface area contributed by atoms with Gasteiger partial charge < -0.3 is 18.9 Å². The molecule has 4 nitrogen and oxygen atoms in total. The molecular formula is C23H23O4. The highest BCUT2D eigenvalue weighted by Crippen LogP contribution is 2.41. The van der Waals surface area contributed by atoms with Crippen molar-refractivity contribution in [2.45, 2.75) is 5.60 Å². The lowest BCUT2D eigenvalue weighted by atomic mass is 9.80. The molecule has 0 atom stereocenters. The highest BCUT2D eigenvalue weighted by Gasteiger charge is 2.36. The lowest BCUT2D eigenvalue weighted by molar-refractivity contribution is 0.0916. The SMILES string of the molecule is [CH2]OC(c1ccc(OC)cc1)(c1ccc(OC)cc1)c1ccc(OC)cc1. The summed E-state index contributed by atoms with van der Waals surface area (Å²) in [6.45, 7) is 0. The van der Waals surface area contributed by atoms with Gasteiger partial charge in [-0.3, -0.25) is 0 Å². The fourth-order valence-corrected chi connectivity index (χ4v) is 3.23. The average Bonchev–Trinajstić information content (AvgIpc) is 2.76. The third-order valence-electron chi connectivity index (χ3n) is 4.71. The van der Waals surface area contributed by atoms with E-state index in [1.807, 2.05) is 72.8 Å². The molecule has 0 aromatic heterocycles. The van der Waals surface area contributed by atoms with Gasteiger partial charge in [-0.2, -0.15) is 0 Å². The van der Waals surface area contributed by atoms with E-state index in [1.165, 1.54) is 0 Å². The van der Waals surface area contributed by atoms with Crippen LogP contribution < -0.4 is 14.2 Å². The summed E-state index contributed by atoms with van der Waals surface area (Å²) < 4.78 is 21.8. The number of methoxy groups -OCH3 is 3. The second kappa shape index (κ2) is 8.14. The summed E-state index contributed by atoms with van der Waals surface area (Å²) in [5.74, 6) is 2.34. The van der Waals surface area contributed by atoms with E-state index in [2.05, 4.69) is 7.11 Å². The summed E-state index contributed by atoms with van der Waals surface area (Å²) in [6.07, 6.45) is 0. The monoisotopic (exact) mass is 363 g/mol. The molecule has 27 heavy (non-hydrogen) atoms. The van der Waals surface area contributed by atoms with Crippen molar-refractivity contribution in [3.05, 3.63) is 96.6 Å². The van der Waals surface area contributed by atoms with E-state index in [1.54, 1.807) is 21.3 Å². The molecule has 0 amide bonds. The maximum absolute atomic E-state index is 5.94.